The van der Waals surface area contributed by atoms with Crippen molar-refractivity contribution in [1.29, 1.82) is 0 Å². The number of rotatable bonds is 6. The maximum Gasteiger partial charge on any atom is 0.288 e. The summed E-state index contributed by atoms with van der Waals surface area (Å²) in [4.78, 5) is 0. The lowest BCUT2D eigenvalue weighted by molar-refractivity contribution is 0.366. The quantitative estimate of drug-likeness (QED) is 0.409. The molecule has 15 heavy (non-hydrogen) atoms. The number of hydrogen-bond donors (Lipinski definition) is 0. The first-order chi connectivity index (χ1) is 7.36. The summed E-state index contributed by atoms with van der Waals surface area (Å²) in [6, 6.07) is 10.3. The molecule has 0 heterocycles. The molecule has 2 nitrogen and oxygen atoms in total. The second kappa shape index (κ2) is 7.23. The SMILES string of the molecule is CCCC(CC)=NO[SiH2]c1ccccc1. The van der Waals surface area contributed by atoms with Gasteiger partial charge >= 0.3 is 0 Å². The molecular formula is C12H19NOSi. The Morgan fingerprint density at radius 1 is 1.27 bits per heavy atom. The van der Waals surface area contributed by atoms with E-state index in [0.717, 1.165) is 19.3 Å². The summed E-state index contributed by atoms with van der Waals surface area (Å²) < 4.78 is 5.45. The molecule has 0 N–H and O–H groups in total. The van der Waals surface area contributed by atoms with Crippen LogP contribution in [0.2, 0.25) is 0 Å². The zero-order valence-corrected chi connectivity index (χ0v) is 11.0. The van der Waals surface area contributed by atoms with Gasteiger partial charge in [-0.25, -0.2) is 0 Å². The third-order valence-corrected chi connectivity index (χ3v) is 3.28. The fourth-order valence-corrected chi connectivity index (χ4v) is 2.21. The summed E-state index contributed by atoms with van der Waals surface area (Å²) in [7, 11) is -0.668. The van der Waals surface area contributed by atoms with Crippen molar-refractivity contribution in [3.63, 3.8) is 0 Å². The lowest BCUT2D eigenvalue weighted by Crippen LogP contribution is -2.15. The lowest BCUT2D eigenvalue weighted by atomic mass is 10.2. The van der Waals surface area contributed by atoms with Gasteiger partial charge in [-0.2, -0.15) is 0 Å². The highest BCUT2D eigenvalue weighted by Gasteiger charge is 1.96. The topological polar surface area (TPSA) is 21.6 Å². The Hall–Kier alpha value is -1.09. The molecule has 1 rings (SSSR count). The first kappa shape index (κ1) is 12.0. The Labute approximate surface area is 94.3 Å². The second-order valence-electron chi connectivity index (χ2n) is 3.52. The molecule has 0 bridgehead atoms. The van der Waals surface area contributed by atoms with Crippen molar-refractivity contribution in [3.8, 4) is 0 Å². The van der Waals surface area contributed by atoms with Crippen LogP contribution >= 0.6 is 0 Å². The van der Waals surface area contributed by atoms with Crippen LogP contribution in [-0.2, 0) is 4.53 Å². The van der Waals surface area contributed by atoms with Crippen LogP contribution in [-0.4, -0.2) is 15.5 Å². The van der Waals surface area contributed by atoms with Crippen molar-refractivity contribution in [3.05, 3.63) is 30.3 Å². The molecule has 0 saturated heterocycles. The monoisotopic (exact) mass is 221 g/mol. The third kappa shape index (κ3) is 4.79. The predicted octanol–water partition coefficient (Wildman–Crippen LogP) is 1.98. The van der Waals surface area contributed by atoms with Crippen LogP contribution in [0.3, 0.4) is 0 Å². The summed E-state index contributed by atoms with van der Waals surface area (Å²) in [6.07, 6.45) is 3.19. The summed E-state index contributed by atoms with van der Waals surface area (Å²) in [5.41, 5.74) is 1.18. The van der Waals surface area contributed by atoms with Gasteiger partial charge in [-0.05, 0) is 18.0 Å². The van der Waals surface area contributed by atoms with E-state index >= 15 is 0 Å². The van der Waals surface area contributed by atoms with Gasteiger partial charge in [-0.15, -0.1) is 5.16 Å². The van der Waals surface area contributed by atoms with Crippen LogP contribution in [0, 0.1) is 0 Å². The van der Waals surface area contributed by atoms with E-state index in [1.165, 1.54) is 10.9 Å². The van der Waals surface area contributed by atoms with Crippen molar-refractivity contribution in [2.75, 3.05) is 0 Å². The van der Waals surface area contributed by atoms with Gasteiger partial charge in [0.2, 0.25) is 0 Å². The van der Waals surface area contributed by atoms with Crippen molar-refractivity contribution in [1.82, 2.24) is 0 Å². The van der Waals surface area contributed by atoms with Crippen molar-refractivity contribution in [2.45, 2.75) is 33.1 Å². The zero-order valence-electron chi connectivity index (χ0n) is 9.57. The molecule has 0 aliphatic rings. The Bertz CT molecular complexity index is 298. The molecule has 0 aromatic heterocycles. The van der Waals surface area contributed by atoms with Gasteiger partial charge < -0.3 is 4.53 Å². The maximum atomic E-state index is 5.45. The Morgan fingerprint density at radius 3 is 2.60 bits per heavy atom. The van der Waals surface area contributed by atoms with Crippen LogP contribution < -0.4 is 5.19 Å². The molecule has 1 aromatic rings. The van der Waals surface area contributed by atoms with Gasteiger partial charge in [-0.1, -0.05) is 50.6 Å². The van der Waals surface area contributed by atoms with Gasteiger partial charge in [0.25, 0.3) is 9.76 Å². The normalized spacial score (nSPS) is 12.3. The highest BCUT2D eigenvalue weighted by Crippen LogP contribution is 1.97. The molecule has 82 valence electrons. The molecular weight excluding hydrogens is 202 g/mol. The van der Waals surface area contributed by atoms with E-state index in [9.17, 15) is 0 Å². The fraction of sp³-hybridized carbons (Fsp3) is 0.417. The van der Waals surface area contributed by atoms with Crippen LogP contribution in [0.1, 0.15) is 33.1 Å². The summed E-state index contributed by atoms with van der Waals surface area (Å²) in [5.74, 6) is 0. The Morgan fingerprint density at radius 2 is 2.00 bits per heavy atom. The summed E-state index contributed by atoms with van der Waals surface area (Å²) in [5, 5.41) is 5.50. The molecule has 0 saturated carbocycles. The maximum absolute atomic E-state index is 5.45. The fourth-order valence-electron chi connectivity index (χ4n) is 1.35. The van der Waals surface area contributed by atoms with Crippen LogP contribution in [0.15, 0.2) is 35.5 Å². The molecule has 0 fully saturated rings. The molecule has 1 aromatic carbocycles. The number of nitrogens with zero attached hydrogens (tertiary/aromatic N) is 1. The highest BCUT2D eigenvalue weighted by molar-refractivity contribution is 6.46. The van der Waals surface area contributed by atoms with Crippen molar-refractivity contribution in [2.24, 2.45) is 5.16 Å². The molecule has 0 spiro atoms. The zero-order chi connectivity index (χ0) is 10.9. The van der Waals surface area contributed by atoms with Gasteiger partial charge in [0, 0.05) is 0 Å². The molecule has 0 radical (unpaired) electrons. The van der Waals surface area contributed by atoms with E-state index in [0.29, 0.717) is 0 Å². The Kier molecular flexibility index (Phi) is 5.78. The van der Waals surface area contributed by atoms with E-state index in [1.54, 1.807) is 0 Å². The smallest absolute Gasteiger partial charge is 0.288 e. The summed E-state index contributed by atoms with van der Waals surface area (Å²) in [6.45, 7) is 4.29. The standard InChI is InChI=1S/C12H19NOSi/c1-3-8-11(4-2)13-14-15-12-9-6-5-7-10-12/h5-7,9-10H,3-4,8,15H2,1-2H3. The number of oxime groups is 1. The van der Waals surface area contributed by atoms with Crippen molar-refractivity contribution < 1.29 is 4.53 Å². The minimum atomic E-state index is -0.668. The third-order valence-electron chi connectivity index (χ3n) is 2.21. The highest BCUT2D eigenvalue weighted by atomic mass is 28.2. The first-order valence-corrected chi connectivity index (χ1v) is 6.86. The number of benzene rings is 1. The largest absolute Gasteiger partial charge is 0.457 e. The molecule has 0 unspecified atom stereocenters. The molecule has 0 aliphatic heterocycles. The molecule has 3 heteroatoms. The van der Waals surface area contributed by atoms with Crippen LogP contribution in [0.4, 0.5) is 0 Å². The number of hydrogen-bond acceptors (Lipinski definition) is 2. The lowest BCUT2D eigenvalue weighted by Gasteiger charge is -2.03. The minimum absolute atomic E-state index is 0.668. The minimum Gasteiger partial charge on any atom is -0.457 e. The average Bonchev–Trinajstić information content (AvgIpc) is 2.29. The van der Waals surface area contributed by atoms with E-state index in [-0.39, 0.29) is 0 Å². The summed E-state index contributed by atoms with van der Waals surface area (Å²) >= 11 is 0. The molecule has 0 atom stereocenters. The van der Waals surface area contributed by atoms with Gasteiger partial charge in [0.05, 0.1) is 5.71 Å². The van der Waals surface area contributed by atoms with E-state index in [4.69, 9.17) is 4.53 Å². The van der Waals surface area contributed by atoms with E-state index in [1.807, 2.05) is 18.2 Å². The van der Waals surface area contributed by atoms with Gasteiger partial charge in [0.15, 0.2) is 0 Å². The Balaban J connectivity index is 2.37. The van der Waals surface area contributed by atoms with Crippen molar-refractivity contribution >= 4 is 20.7 Å². The van der Waals surface area contributed by atoms with E-state index < -0.39 is 9.76 Å². The average molecular weight is 221 g/mol. The van der Waals surface area contributed by atoms with Gasteiger partial charge in [0.1, 0.15) is 0 Å². The van der Waals surface area contributed by atoms with E-state index in [2.05, 4.69) is 31.1 Å². The predicted molar refractivity (Wildman–Crippen MR) is 68.3 cm³/mol. The molecule has 0 amide bonds. The van der Waals surface area contributed by atoms with Gasteiger partial charge in [-0.3, -0.25) is 0 Å². The van der Waals surface area contributed by atoms with Crippen LogP contribution in [0.25, 0.3) is 0 Å². The van der Waals surface area contributed by atoms with Crippen LogP contribution in [0.5, 0.6) is 0 Å². The first-order valence-electron chi connectivity index (χ1n) is 5.58. The second-order valence-corrected chi connectivity index (χ2v) is 4.88. The molecule has 0 aliphatic carbocycles.